The van der Waals surface area contributed by atoms with Crippen molar-refractivity contribution in [2.45, 2.75) is 26.4 Å². The fraction of sp³-hybridized carbons (Fsp3) is 0.500. The third kappa shape index (κ3) is 5.45. The topological polar surface area (TPSA) is 79.9 Å². The van der Waals surface area contributed by atoms with E-state index >= 15 is 0 Å². The van der Waals surface area contributed by atoms with Crippen molar-refractivity contribution in [3.8, 4) is 11.5 Å². The van der Waals surface area contributed by atoms with Gasteiger partial charge in [-0.1, -0.05) is 6.07 Å². The molecule has 0 bridgehead atoms. The Morgan fingerprint density at radius 3 is 2.43 bits per heavy atom. The van der Waals surface area contributed by atoms with Crippen LogP contribution in [0.2, 0.25) is 0 Å². The maximum absolute atomic E-state index is 12.0. The second-order valence-corrected chi connectivity index (χ2v) is 5.13. The van der Waals surface area contributed by atoms with E-state index in [4.69, 9.17) is 9.47 Å². The summed E-state index contributed by atoms with van der Waals surface area (Å²) in [6.07, 6.45) is 0. The molecule has 1 unspecified atom stereocenters. The summed E-state index contributed by atoms with van der Waals surface area (Å²) in [7, 11) is 4.98. The molecule has 2 N–H and O–H groups in total. The quantitative estimate of drug-likeness (QED) is 0.792. The number of carbonyl (C=O) groups is 2. The smallest absolute Gasteiger partial charge is 0.321 e. The molecule has 1 aromatic rings. The van der Waals surface area contributed by atoms with Crippen LogP contribution >= 0.6 is 0 Å². The Bertz CT molecular complexity index is 548. The molecule has 0 spiro atoms. The molecule has 1 aromatic carbocycles. The number of urea groups is 1. The third-order valence-electron chi connectivity index (χ3n) is 3.49. The Hall–Kier alpha value is -2.28. The van der Waals surface area contributed by atoms with Crippen molar-refractivity contribution >= 4 is 11.9 Å². The second kappa shape index (κ2) is 8.99. The van der Waals surface area contributed by atoms with E-state index in [0.717, 1.165) is 5.56 Å². The van der Waals surface area contributed by atoms with Gasteiger partial charge < -0.3 is 14.8 Å². The minimum Gasteiger partial charge on any atom is -0.493 e. The zero-order chi connectivity index (χ0) is 17.4. The number of amides is 3. The molecule has 0 aliphatic rings. The number of carbonyl (C=O) groups excluding carboxylic acids is 2. The van der Waals surface area contributed by atoms with Crippen LogP contribution in [0.1, 0.15) is 19.4 Å². The molecule has 1 atom stereocenters. The highest BCUT2D eigenvalue weighted by atomic mass is 16.5. The first-order valence-electron chi connectivity index (χ1n) is 7.42. The fourth-order valence-electron chi connectivity index (χ4n) is 2.03. The highest BCUT2D eigenvalue weighted by molar-refractivity contribution is 5.96. The van der Waals surface area contributed by atoms with Crippen molar-refractivity contribution in [1.29, 1.82) is 0 Å². The molecular formula is C16H25N3O4. The maximum Gasteiger partial charge on any atom is 0.321 e. The van der Waals surface area contributed by atoms with Gasteiger partial charge in [-0.2, -0.15) is 0 Å². The first-order valence-corrected chi connectivity index (χ1v) is 7.42. The van der Waals surface area contributed by atoms with Crippen molar-refractivity contribution in [1.82, 2.24) is 15.5 Å². The van der Waals surface area contributed by atoms with Crippen LogP contribution in [0, 0.1) is 0 Å². The van der Waals surface area contributed by atoms with Crippen molar-refractivity contribution in [2.75, 3.05) is 27.8 Å². The Kier molecular flexibility index (Phi) is 7.34. The van der Waals surface area contributed by atoms with Gasteiger partial charge in [-0.3, -0.25) is 15.0 Å². The van der Waals surface area contributed by atoms with Crippen molar-refractivity contribution < 1.29 is 19.1 Å². The molecule has 7 heteroatoms. The van der Waals surface area contributed by atoms with Gasteiger partial charge in [0.05, 0.1) is 20.3 Å². The summed E-state index contributed by atoms with van der Waals surface area (Å²) in [4.78, 5) is 25.3. The second-order valence-electron chi connectivity index (χ2n) is 5.13. The number of ether oxygens (including phenoxy) is 2. The van der Waals surface area contributed by atoms with E-state index < -0.39 is 12.1 Å². The fourth-order valence-corrected chi connectivity index (χ4v) is 2.03. The minimum atomic E-state index is -0.483. The first kappa shape index (κ1) is 18.8. The van der Waals surface area contributed by atoms with Crippen LogP contribution < -0.4 is 20.1 Å². The molecule has 1 rings (SSSR count). The SMILES string of the molecule is CCNC(=O)NC(=O)C(C)N(C)Cc1ccc(OC)c(OC)c1. The van der Waals surface area contributed by atoms with Crippen LogP contribution in [-0.4, -0.2) is 50.7 Å². The molecule has 0 aliphatic carbocycles. The van der Waals surface area contributed by atoms with Gasteiger partial charge in [0, 0.05) is 13.1 Å². The number of rotatable bonds is 7. The Labute approximate surface area is 136 Å². The van der Waals surface area contributed by atoms with Crippen LogP contribution in [-0.2, 0) is 11.3 Å². The van der Waals surface area contributed by atoms with Gasteiger partial charge in [0.25, 0.3) is 0 Å². The minimum absolute atomic E-state index is 0.348. The molecule has 0 radical (unpaired) electrons. The molecule has 128 valence electrons. The molecule has 0 saturated heterocycles. The van der Waals surface area contributed by atoms with Crippen LogP contribution in [0.5, 0.6) is 11.5 Å². The monoisotopic (exact) mass is 323 g/mol. The maximum atomic E-state index is 12.0. The van der Waals surface area contributed by atoms with E-state index in [1.54, 1.807) is 28.1 Å². The van der Waals surface area contributed by atoms with Crippen LogP contribution in [0.25, 0.3) is 0 Å². The Morgan fingerprint density at radius 2 is 1.87 bits per heavy atom. The zero-order valence-electron chi connectivity index (χ0n) is 14.3. The van der Waals surface area contributed by atoms with E-state index in [2.05, 4.69) is 10.6 Å². The van der Waals surface area contributed by atoms with Crippen LogP contribution in [0.15, 0.2) is 18.2 Å². The summed E-state index contributed by atoms with van der Waals surface area (Å²) in [5.41, 5.74) is 0.975. The number of imide groups is 1. The lowest BCUT2D eigenvalue weighted by molar-refractivity contribution is -0.124. The molecule has 23 heavy (non-hydrogen) atoms. The number of hydrogen-bond acceptors (Lipinski definition) is 5. The van der Waals surface area contributed by atoms with Crippen molar-refractivity contribution in [2.24, 2.45) is 0 Å². The van der Waals surface area contributed by atoms with Crippen molar-refractivity contribution in [3.05, 3.63) is 23.8 Å². The lowest BCUT2D eigenvalue weighted by Gasteiger charge is -2.24. The molecule has 0 heterocycles. The van der Waals surface area contributed by atoms with E-state index in [1.165, 1.54) is 0 Å². The summed E-state index contributed by atoms with van der Waals surface area (Å²) in [6, 6.07) is 4.66. The van der Waals surface area contributed by atoms with Gasteiger partial charge in [-0.05, 0) is 38.6 Å². The number of nitrogens with zero attached hydrogens (tertiary/aromatic N) is 1. The van der Waals surface area contributed by atoms with Gasteiger partial charge in [-0.15, -0.1) is 0 Å². The van der Waals surface area contributed by atoms with Gasteiger partial charge in [0.2, 0.25) is 5.91 Å². The lowest BCUT2D eigenvalue weighted by atomic mass is 10.1. The average Bonchev–Trinajstić information content (AvgIpc) is 2.53. The van der Waals surface area contributed by atoms with Gasteiger partial charge in [0.15, 0.2) is 11.5 Å². The summed E-state index contributed by atoms with van der Waals surface area (Å²) in [6.45, 7) is 4.53. The highest BCUT2D eigenvalue weighted by Gasteiger charge is 2.20. The molecule has 0 aromatic heterocycles. The molecule has 0 fully saturated rings. The normalized spacial score (nSPS) is 11.7. The molecule has 0 aliphatic heterocycles. The first-order chi connectivity index (χ1) is 10.9. The molecule has 3 amide bonds. The number of likely N-dealkylation sites (N-methyl/N-ethyl adjacent to an activating group) is 1. The predicted molar refractivity (Wildman–Crippen MR) is 87.7 cm³/mol. The Balaban J connectivity index is 2.69. The van der Waals surface area contributed by atoms with Gasteiger partial charge in [0.1, 0.15) is 0 Å². The van der Waals surface area contributed by atoms with Crippen LogP contribution in [0.3, 0.4) is 0 Å². The lowest BCUT2D eigenvalue weighted by Crippen LogP contribution is -2.48. The molecule has 7 nitrogen and oxygen atoms in total. The third-order valence-corrected chi connectivity index (χ3v) is 3.49. The molecule has 0 saturated carbocycles. The largest absolute Gasteiger partial charge is 0.493 e. The summed E-state index contributed by atoms with van der Waals surface area (Å²) in [5.74, 6) is 0.942. The zero-order valence-corrected chi connectivity index (χ0v) is 14.3. The predicted octanol–water partition coefficient (Wildman–Crippen LogP) is 1.37. The van der Waals surface area contributed by atoms with Gasteiger partial charge >= 0.3 is 6.03 Å². The van der Waals surface area contributed by atoms with E-state index in [-0.39, 0.29) is 5.91 Å². The van der Waals surface area contributed by atoms with E-state index in [9.17, 15) is 9.59 Å². The molecular weight excluding hydrogens is 298 g/mol. The number of benzene rings is 1. The number of nitrogens with one attached hydrogen (secondary N) is 2. The summed E-state index contributed by atoms with van der Waals surface area (Å²) >= 11 is 0. The van der Waals surface area contributed by atoms with Gasteiger partial charge in [-0.25, -0.2) is 4.79 Å². The standard InChI is InChI=1S/C16H25N3O4/c1-6-17-16(21)18-15(20)11(2)19(3)10-12-7-8-13(22-4)14(9-12)23-5/h7-9,11H,6,10H2,1-5H3,(H2,17,18,20,21). The highest BCUT2D eigenvalue weighted by Crippen LogP contribution is 2.28. The van der Waals surface area contributed by atoms with Crippen LogP contribution in [0.4, 0.5) is 4.79 Å². The number of methoxy groups -OCH3 is 2. The summed E-state index contributed by atoms with van der Waals surface area (Å²) in [5, 5.41) is 4.84. The average molecular weight is 323 g/mol. The van der Waals surface area contributed by atoms with E-state index in [0.29, 0.717) is 24.6 Å². The van der Waals surface area contributed by atoms with Crippen molar-refractivity contribution in [3.63, 3.8) is 0 Å². The Morgan fingerprint density at radius 1 is 1.22 bits per heavy atom. The number of hydrogen-bond donors (Lipinski definition) is 2. The summed E-state index contributed by atoms with van der Waals surface area (Å²) < 4.78 is 10.5. The van der Waals surface area contributed by atoms with E-state index in [1.807, 2.05) is 30.1 Å².